The highest BCUT2D eigenvalue weighted by atomic mass is 32.1. The standard InChI is InChI=1S/C12H13NO2S2.C7H13NO/c1-3-15-12(14)9-6-10(17-11(9)13-2)8-4-5-16-7-8;9-7-6-8-4-2-1-3-5-8/h4-7,13H,3H2,1-2H3;7H,1-6H2. The van der Waals surface area contributed by atoms with Crippen molar-refractivity contribution in [3.05, 3.63) is 28.5 Å². The molecule has 0 aromatic carbocycles. The average molecular weight is 395 g/mol. The molecule has 1 aliphatic rings. The quantitative estimate of drug-likeness (QED) is 0.582. The average Bonchev–Trinajstić information content (AvgIpc) is 3.33. The molecule has 1 N–H and O–H groups in total. The molecule has 0 saturated carbocycles. The van der Waals surface area contributed by atoms with Crippen molar-refractivity contribution in [2.24, 2.45) is 0 Å². The summed E-state index contributed by atoms with van der Waals surface area (Å²) in [4.78, 5) is 25.1. The second-order valence-corrected chi connectivity index (χ2v) is 7.70. The zero-order valence-corrected chi connectivity index (χ0v) is 17.0. The van der Waals surface area contributed by atoms with Gasteiger partial charge in [0.15, 0.2) is 0 Å². The topological polar surface area (TPSA) is 58.6 Å². The monoisotopic (exact) mass is 394 g/mol. The molecule has 0 atom stereocenters. The highest BCUT2D eigenvalue weighted by Crippen LogP contribution is 2.36. The number of nitrogens with zero attached hydrogens (tertiary/aromatic N) is 1. The van der Waals surface area contributed by atoms with Crippen LogP contribution in [0.15, 0.2) is 22.9 Å². The minimum atomic E-state index is -0.269. The lowest BCUT2D eigenvalue weighted by atomic mass is 10.1. The van der Waals surface area contributed by atoms with Gasteiger partial charge in [0.25, 0.3) is 0 Å². The summed E-state index contributed by atoms with van der Waals surface area (Å²) in [7, 11) is 1.81. The van der Waals surface area contributed by atoms with Gasteiger partial charge in [0.05, 0.1) is 18.7 Å². The molecule has 3 rings (SSSR count). The largest absolute Gasteiger partial charge is 0.462 e. The summed E-state index contributed by atoms with van der Waals surface area (Å²) in [5, 5.41) is 7.99. The van der Waals surface area contributed by atoms with E-state index in [1.54, 1.807) is 22.7 Å². The number of esters is 1. The van der Waals surface area contributed by atoms with E-state index in [0.717, 1.165) is 34.8 Å². The number of carbonyl (C=O) groups excluding carboxylic acids is 2. The zero-order valence-electron chi connectivity index (χ0n) is 15.3. The van der Waals surface area contributed by atoms with Gasteiger partial charge in [-0.2, -0.15) is 11.3 Å². The van der Waals surface area contributed by atoms with Crippen LogP contribution in [0.5, 0.6) is 0 Å². The zero-order chi connectivity index (χ0) is 18.8. The van der Waals surface area contributed by atoms with E-state index in [4.69, 9.17) is 4.74 Å². The smallest absolute Gasteiger partial charge is 0.341 e. The predicted molar refractivity (Wildman–Crippen MR) is 109 cm³/mol. The number of ether oxygens (including phenoxy) is 1. The summed E-state index contributed by atoms with van der Waals surface area (Å²) < 4.78 is 5.03. The molecule has 1 saturated heterocycles. The molecule has 0 amide bonds. The highest BCUT2D eigenvalue weighted by molar-refractivity contribution is 7.20. The summed E-state index contributed by atoms with van der Waals surface area (Å²) in [6.07, 6.45) is 4.88. The van der Waals surface area contributed by atoms with Crippen LogP contribution in [0.4, 0.5) is 5.00 Å². The van der Waals surface area contributed by atoms with Crippen LogP contribution in [-0.2, 0) is 9.53 Å². The number of aldehydes is 1. The third-order valence-electron chi connectivity index (χ3n) is 4.04. The van der Waals surface area contributed by atoms with Crippen LogP contribution in [0.2, 0.25) is 0 Å². The van der Waals surface area contributed by atoms with Crippen molar-refractivity contribution in [2.45, 2.75) is 26.2 Å². The lowest BCUT2D eigenvalue weighted by Gasteiger charge is -2.23. The Morgan fingerprint density at radius 1 is 1.35 bits per heavy atom. The van der Waals surface area contributed by atoms with E-state index in [1.165, 1.54) is 19.3 Å². The lowest BCUT2D eigenvalue weighted by Crippen LogP contribution is -2.31. The van der Waals surface area contributed by atoms with Gasteiger partial charge in [0.2, 0.25) is 0 Å². The number of rotatable bonds is 6. The first kappa shape index (κ1) is 20.6. The van der Waals surface area contributed by atoms with Crippen molar-refractivity contribution in [1.82, 2.24) is 4.90 Å². The van der Waals surface area contributed by atoms with E-state index in [2.05, 4.69) is 15.6 Å². The Hall–Kier alpha value is -1.70. The summed E-state index contributed by atoms with van der Waals surface area (Å²) in [6.45, 7) is 5.09. The van der Waals surface area contributed by atoms with Gasteiger partial charge < -0.3 is 14.8 Å². The van der Waals surface area contributed by atoms with E-state index in [0.29, 0.717) is 18.7 Å². The number of likely N-dealkylation sites (tertiary alicyclic amines) is 1. The Labute approximate surface area is 163 Å². The molecule has 7 heteroatoms. The van der Waals surface area contributed by atoms with Crippen molar-refractivity contribution in [1.29, 1.82) is 0 Å². The Morgan fingerprint density at radius 2 is 2.12 bits per heavy atom. The maximum absolute atomic E-state index is 11.8. The fourth-order valence-electron chi connectivity index (χ4n) is 2.73. The van der Waals surface area contributed by atoms with Gasteiger partial charge in [0, 0.05) is 17.5 Å². The van der Waals surface area contributed by atoms with E-state index in [1.807, 2.05) is 31.5 Å². The fourth-order valence-corrected chi connectivity index (χ4v) is 4.46. The normalized spacial score (nSPS) is 14.2. The van der Waals surface area contributed by atoms with Gasteiger partial charge in [-0.15, -0.1) is 11.3 Å². The number of carbonyl (C=O) groups is 2. The van der Waals surface area contributed by atoms with Crippen molar-refractivity contribution in [3.8, 4) is 10.4 Å². The Bertz CT molecular complexity index is 677. The predicted octanol–water partition coefficient (Wildman–Crippen LogP) is 4.37. The number of hydrogen-bond acceptors (Lipinski definition) is 7. The Kier molecular flexibility index (Phi) is 8.80. The molecule has 0 unspecified atom stereocenters. The molecule has 0 bridgehead atoms. The molecule has 26 heavy (non-hydrogen) atoms. The van der Waals surface area contributed by atoms with Gasteiger partial charge in [-0.1, -0.05) is 6.42 Å². The molecular formula is C19H26N2O3S2. The summed E-state index contributed by atoms with van der Waals surface area (Å²) >= 11 is 3.21. The summed E-state index contributed by atoms with van der Waals surface area (Å²) in [5.41, 5.74) is 1.76. The number of anilines is 1. The molecule has 0 aliphatic carbocycles. The van der Waals surface area contributed by atoms with E-state index < -0.39 is 0 Å². The van der Waals surface area contributed by atoms with Gasteiger partial charge >= 0.3 is 5.97 Å². The summed E-state index contributed by atoms with van der Waals surface area (Å²) in [6, 6.07) is 3.93. The van der Waals surface area contributed by atoms with Crippen LogP contribution in [0.25, 0.3) is 10.4 Å². The molecule has 0 spiro atoms. The molecule has 0 radical (unpaired) electrons. The van der Waals surface area contributed by atoms with E-state index >= 15 is 0 Å². The highest BCUT2D eigenvalue weighted by Gasteiger charge is 2.17. The van der Waals surface area contributed by atoms with Gasteiger partial charge in [-0.25, -0.2) is 4.79 Å². The van der Waals surface area contributed by atoms with Crippen LogP contribution >= 0.6 is 22.7 Å². The van der Waals surface area contributed by atoms with Gasteiger partial charge in [-0.05, 0) is 55.7 Å². The van der Waals surface area contributed by atoms with Crippen molar-refractivity contribution in [2.75, 3.05) is 38.6 Å². The lowest BCUT2D eigenvalue weighted by molar-refractivity contribution is -0.109. The minimum absolute atomic E-state index is 0.269. The van der Waals surface area contributed by atoms with Crippen molar-refractivity contribution in [3.63, 3.8) is 0 Å². The SMILES string of the molecule is CCOC(=O)c1cc(-c2ccsc2)sc1NC.O=CCN1CCCCC1. The second kappa shape index (κ2) is 11.1. The minimum Gasteiger partial charge on any atom is -0.462 e. The van der Waals surface area contributed by atoms with Crippen molar-refractivity contribution < 1.29 is 14.3 Å². The maximum atomic E-state index is 11.8. The number of hydrogen-bond donors (Lipinski definition) is 1. The molecule has 5 nitrogen and oxygen atoms in total. The number of nitrogens with one attached hydrogen (secondary N) is 1. The van der Waals surface area contributed by atoms with E-state index in [9.17, 15) is 9.59 Å². The summed E-state index contributed by atoms with van der Waals surface area (Å²) in [5.74, 6) is -0.269. The first-order chi connectivity index (χ1) is 12.7. The van der Waals surface area contributed by atoms with Crippen LogP contribution < -0.4 is 5.32 Å². The van der Waals surface area contributed by atoms with Gasteiger partial charge in [0.1, 0.15) is 11.3 Å². The Balaban J connectivity index is 0.000000228. The van der Waals surface area contributed by atoms with Crippen LogP contribution in [0, 0.1) is 0 Å². The molecule has 142 valence electrons. The molecule has 3 heterocycles. The molecular weight excluding hydrogens is 368 g/mol. The molecule has 1 aliphatic heterocycles. The second-order valence-electron chi connectivity index (χ2n) is 5.86. The molecule has 2 aromatic heterocycles. The maximum Gasteiger partial charge on any atom is 0.341 e. The number of piperidine rings is 1. The Morgan fingerprint density at radius 3 is 2.69 bits per heavy atom. The number of thiophene rings is 2. The van der Waals surface area contributed by atoms with Gasteiger partial charge in [-0.3, -0.25) is 4.90 Å². The van der Waals surface area contributed by atoms with Crippen LogP contribution in [0.1, 0.15) is 36.5 Å². The van der Waals surface area contributed by atoms with Crippen LogP contribution in [0.3, 0.4) is 0 Å². The third kappa shape index (κ3) is 5.93. The first-order valence-electron chi connectivity index (χ1n) is 8.86. The van der Waals surface area contributed by atoms with Crippen LogP contribution in [-0.4, -0.2) is 50.4 Å². The first-order valence-corrected chi connectivity index (χ1v) is 10.6. The molecule has 1 fully saturated rings. The third-order valence-corrected chi connectivity index (χ3v) is 5.93. The van der Waals surface area contributed by atoms with E-state index in [-0.39, 0.29) is 5.97 Å². The fraction of sp³-hybridized carbons (Fsp3) is 0.474. The molecule has 2 aromatic rings. The van der Waals surface area contributed by atoms with Crippen molar-refractivity contribution >= 4 is 39.9 Å².